The first-order valence-corrected chi connectivity index (χ1v) is 11.1. The Morgan fingerprint density at radius 2 is 1.97 bits per heavy atom. The maximum Gasteiger partial charge on any atom is 0.273 e. The highest BCUT2D eigenvalue weighted by Crippen LogP contribution is 2.36. The molecule has 1 saturated heterocycles. The van der Waals surface area contributed by atoms with Crippen molar-refractivity contribution in [2.75, 3.05) is 24.7 Å². The van der Waals surface area contributed by atoms with E-state index in [4.69, 9.17) is 19.2 Å². The summed E-state index contributed by atoms with van der Waals surface area (Å²) in [4.78, 5) is 20.2. The van der Waals surface area contributed by atoms with E-state index in [2.05, 4.69) is 19.1 Å². The largest absolute Gasteiger partial charge is 0.485 e. The zero-order valence-corrected chi connectivity index (χ0v) is 17.9. The summed E-state index contributed by atoms with van der Waals surface area (Å²) >= 11 is 1.55. The van der Waals surface area contributed by atoms with Gasteiger partial charge in [-0.15, -0.1) is 0 Å². The third kappa shape index (κ3) is 3.52. The highest BCUT2D eigenvalue weighted by molar-refractivity contribution is 7.22. The minimum atomic E-state index is -0.712. The van der Waals surface area contributed by atoms with Crippen molar-refractivity contribution in [2.24, 2.45) is 0 Å². The molecule has 2 atom stereocenters. The molecule has 0 N–H and O–H groups in total. The van der Waals surface area contributed by atoms with Crippen LogP contribution in [-0.2, 0) is 9.53 Å². The van der Waals surface area contributed by atoms with E-state index in [0.717, 1.165) is 40.8 Å². The lowest BCUT2D eigenvalue weighted by molar-refractivity contribution is -0.128. The van der Waals surface area contributed by atoms with E-state index in [0.29, 0.717) is 23.2 Å². The minimum Gasteiger partial charge on any atom is -0.485 e. The fraction of sp³-hybridized carbons (Fsp3) is 0.391. The van der Waals surface area contributed by atoms with Crippen LogP contribution in [0.5, 0.6) is 11.5 Å². The van der Waals surface area contributed by atoms with Crippen molar-refractivity contribution < 1.29 is 19.0 Å². The van der Waals surface area contributed by atoms with Crippen molar-refractivity contribution in [1.29, 1.82) is 0 Å². The number of carbonyl (C=O) groups excluding carboxylic acids is 1. The highest BCUT2D eigenvalue weighted by Gasteiger charge is 2.35. The van der Waals surface area contributed by atoms with E-state index in [1.807, 2.05) is 31.2 Å². The molecule has 5 rings (SSSR count). The van der Waals surface area contributed by atoms with E-state index in [9.17, 15) is 4.79 Å². The monoisotopic (exact) mass is 424 g/mol. The van der Waals surface area contributed by atoms with Crippen molar-refractivity contribution in [1.82, 2.24) is 4.98 Å². The molecule has 0 bridgehead atoms. The number of para-hydroxylation sites is 2. The summed E-state index contributed by atoms with van der Waals surface area (Å²) in [5, 5.41) is 0.686. The Bertz CT molecular complexity index is 1050. The molecule has 1 aromatic heterocycles. The van der Waals surface area contributed by atoms with Crippen LogP contribution in [0.1, 0.15) is 24.0 Å². The van der Waals surface area contributed by atoms with Crippen molar-refractivity contribution in [3.63, 3.8) is 0 Å². The summed E-state index contributed by atoms with van der Waals surface area (Å²) in [7, 11) is 0. The number of fused-ring (bicyclic) bond motifs is 2. The van der Waals surface area contributed by atoms with Crippen LogP contribution in [0.2, 0.25) is 0 Å². The van der Waals surface area contributed by atoms with Gasteiger partial charge in [-0.3, -0.25) is 9.69 Å². The predicted octanol–water partition coefficient (Wildman–Crippen LogP) is 4.27. The number of hydrogen-bond acceptors (Lipinski definition) is 6. The topological polar surface area (TPSA) is 60.9 Å². The molecule has 3 heterocycles. The van der Waals surface area contributed by atoms with E-state index in [-0.39, 0.29) is 18.6 Å². The molecule has 7 heteroatoms. The molecule has 2 unspecified atom stereocenters. The number of carbonyl (C=O) groups is 1. The lowest BCUT2D eigenvalue weighted by Gasteiger charge is -2.30. The Hall–Kier alpha value is -2.64. The molecule has 0 saturated carbocycles. The zero-order chi connectivity index (χ0) is 20.7. The smallest absolute Gasteiger partial charge is 0.273 e. The molecule has 2 aliphatic rings. The quantitative estimate of drug-likeness (QED) is 0.626. The number of aromatic nitrogens is 1. The van der Waals surface area contributed by atoms with E-state index in [1.54, 1.807) is 16.2 Å². The van der Waals surface area contributed by atoms with Gasteiger partial charge in [0.2, 0.25) is 6.10 Å². The van der Waals surface area contributed by atoms with Crippen LogP contribution in [0.4, 0.5) is 5.13 Å². The molecule has 30 heavy (non-hydrogen) atoms. The second kappa shape index (κ2) is 7.89. The summed E-state index contributed by atoms with van der Waals surface area (Å²) < 4.78 is 18.7. The Morgan fingerprint density at radius 1 is 1.17 bits per heavy atom. The third-order valence-corrected chi connectivity index (χ3v) is 6.84. The average molecular weight is 425 g/mol. The Morgan fingerprint density at radius 3 is 2.73 bits per heavy atom. The average Bonchev–Trinajstić information content (AvgIpc) is 3.44. The first kappa shape index (κ1) is 19.3. The third-order valence-electron chi connectivity index (χ3n) is 5.62. The van der Waals surface area contributed by atoms with Crippen LogP contribution >= 0.6 is 11.3 Å². The molecule has 0 spiro atoms. The number of ether oxygens (including phenoxy) is 3. The van der Waals surface area contributed by atoms with E-state index in [1.165, 1.54) is 0 Å². The number of hydrogen-bond donors (Lipinski definition) is 0. The second-order valence-corrected chi connectivity index (χ2v) is 8.80. The summed E-state index contributed by atoms with van der Waals surface area (Å²) in [5.41, 5.74) is 3.22. The lowest BCUT2D eigenvalue weighted by Crippen LogP contribution is -2.48. The molecule has 1 amide bonds. The van der Waals surface area contributed by atoms with E-state index < -0.39 is 6.10 Å². The van der Waals surface area contributed by atoms with Crippen molar-refractivity contribution in [2.45, 2.75) is 38.9 Å². The normalized spacial score (nSPS) is 20.5. The number of rotatable bonds is 4. The number of benzene rings is 2. The minimum absolute atomic E-state index is 0.0138. The molecule has 0 radical (unpaired) electrons. The summed E-state index contributed by atoms with van der Waals surface area (Å²) in [6.45, 7) is 5.51. The number of aryl methyl sites for hydroxylation is 2. The Labute approximate surface area is 179 Å². The first-order chi connectivity index (χ1) is 14.6. The van der Waals surface area contributed by atoms with Crippen LogP contribution in [0.25, 0.3) is 10.2 Å². The van der Waals surface area contributed by atoms with Crippen molar-refractivity contribution in [3.05, 3.63) is 47.5 Å². The number of amides is 1. The fourth-order valence-corrected chi connectivity index (χ4v) is 5.06. The van der Waals surface area contributed by atoms with Crippen LogP contribution in [0.3, 0.4) is 0 Å². The molecule has 3 aromatic rings. The summed E-state index contributed by atoms with van der Waals surface area (Å²) in [6.07, 6.45) is 1.26. The molecule has 2 aromatic carbocycles. The molecule has 1 fully saturated rings. The molecular weight excluding hydrogens is 400 g/mol. The maximum atomic E-state index is 13.6. The molecular formula is C23H24N2O4S. The zero-order valence-electron chi connectivity index (χ0n) is 17.1. The van der Waals surface area contributed by atoms with E-state index >= 15 is 0 Å². The number of thiazole rings is 1. The van der Waals surface area contributed by atoms with Crippen molar-refractivity contribution in [3.8, 4) is 11.5 Å². The van der Waals surface area contributed by atoms with Crippen LogP contribution in [0, 0.1) is 13.8 Å². The molecule has 156 valence electrons. The van der Waals surface area contributed by atoms with Crippen LogP contribution in [0.15, 0.2) is 36.4 Å². The standard InChI is InChI=1S/C23H24N2O4S/c1-14-9-10-15(2)21-20(14)24-23(30-21)25(12-16-6-5-11-27-16)22(26)19-13-28-17-7-3-4-8-18(17)29-19/h3-4,7-10,16,19H,5-6,11-13H2,1-2H3. The van der Waals surface area contributed by atoms with Gasteiger partial charge in [0.1, 0.15) is 6.61 Å². The SMILES string of the molecule is Cc1ccc(C)c2sc(N(CC3CCCO3)C(=O)C3COc4ccccc4O3)nc12. The van der Waals surface area contributed by atoms with Gasteiger partial charge in [0, 0.05) is 6.61 Å². The van der Waals surface area contributed by atoms with Crippen LogP contribution < -0.4 is 14.4 Å². The maximum absolute atomic E-state index is 13.6. The Balaban J connectivity index is 1.48. The first-order valence-electron chi connectivity index (χ1n) is 10.3. The molecule has 2 aliphatic heterocycles. The summed E-state index contributed by atoms with van der Waals surface area (Å²) in [6, 6.07) is 11.6. The second-order valence-electron chi connectivity index (χ2n) is 7.82. The van der Waals surface area contributed by atoms with Gasteiger partial charge in [-0.25, -0.2) is 4.98 Å². The molecule has 6 nitrogen and oxygen atoms in total. The number of anilines is 1. The van der Waals surface area contributed by atoms with Gasteiger partial charge >= 0.3 is 0 Å². The van der Waals surface area contributed by atoms with Crippen molar-refractivity contribution >= 4 is 32.6 Å². The van der Waals surface area contributed by atoms with Gasteiger partial charge in [-0.05, 0) is 49.9 Å². The Kier molecular flexibility index (Phi) is 5.08. The van der Waals surface area contributed by atoms with Gasteiger partial charge in [-0.1, -0.05) is 35.6 Å². The molecule has 0 aliphatic carbocycles. The van der Waals surface area contributed by atoms with Gasteiger partial charge in [0.15, 0.2) is 16.6 Å². The fourth-order valence-electron chi connectivity index (χ4n) is 3.93. The van der Waals surface area contributed by atoms with Gasteiger partial charge in [0.25, 0.3) is 5.91 Å². The predicted molar refractivity (Wildman–Crippen MR) is 117 cm³/mol. The highest BCUT2D eigenvalue weighted by atomic mass is 32.1. The van der Waals surface area contributed by atoms with Crippen LogP contribution in [-0.4, -0.2) is 42.9 Å². The van der Waals surface area contributed by atoms with Gasteiger partial charge in [-0.2, -0.15) is 0 Å². The lowest BCUT2D eigenvalue weighted by atomic mass is 10.1. The summed E-state index contributed by atoms with van der Waals surface area (Å²) in [5.74, 6) is 1.11. The van der Waals surface area contributed by atoms with Gasteiger partial charge < -0.3 is 14.2 Å². The van der Waals surface area contributed by atoms with Gasteiger partial charge in [0.05, 0.1) is 22.9 Å². The number of nitrogens with zero attached hydrogens (tertiary/aromatic N) is 2.